The molecule has 22 heavy (non-hydrogen) atoms. The van der Waals surface area contributed by atoms with Gasteiger partial charge < -0.3 is 20.8 Å². The zero-order chi connectivity index (χ0) is 15.7. The maximum Gasteiger partial charge on any atom is 0.143 e. The third-order valence-corrected chi connectivity index (χ3v) is 3.43. The lowest BCUT2D eigenvalue weighted by Crippen LogP contribution is -1.99. The van der Waals surface area contributed by atoms with Crippen molar-refractivity contribution in [3.8, 4) is 22.6 Å². The summed E-state index contributed by atoms with van der Waals surface area (Å²) in [5, 5.41) is 0. The molecule has 6 nitrogen and oxygen atoms in total. The zero-order valence-corrected chi connectivity index (χ0v) is 12.4. The Hall–Kier alpha value is -3.02. The molecule has 0 aliphatic heterocycles. The number of aromatic nitrogens is 3. The van der Waals surface area contributed by atoms with Crippen molar-refractivity contribution in [2.45, 2.75) is 6.92 Å². The predicted octanol–water partition coefficient (Wildman–Crippen LogP) is 2.42. The van der Waals surface area contributed by atoms with E-state index in [0.717, 1.165) is 28.3 Å². The van der Waals surface area contributed by atoms with Gasteiger partial charge in [0.25, 0.3) is 0 Å². The molecule has 3 rings (SSSR count). The molecule has 0 bridgehead atoms. The van der Waals surface area contributed by atoms with E-state index in [2.05, 4.69) is 9.97 Å². The molecular weight excluding hydrogens is 278 g/mol. The lowest BCUT2D eigenvalue weighted by molar-refractivity contribution is 0.413. The van der Waals surface area contributed by atoms with Gasteiger partial charge >= 0.3 is 0 Å². The summed E-state index contributed by atoms with van der Waals surface area (Å²) >= 11 is 0. The summed E-state index contributed by atoms with van der Waals surface area (Å²) in [5.41, 5.74) is 15.2. The fourth-order valence-corrected chi connectivity index (χ4v) is 2.35. The van der Waals surface area contributed by atoms with Crippen LogP contribution in [0.5, 0.6) is 5.75 Å². The number of nitrogen functional groups attached to an aromatic ring is 2. The average Bonchev–Trinajstić information content (AvgIpc) is 2.93. The van der Waals surface area contributed by atoms with Crippen molar-refractivity contribution in [2.75, 3.05) is 18.6 Å². The number of nitrogens with two attached hydrogens (primary N) is 2. The summed E-state index contributed by atoms with van der Waals surface area (Å²) < 4.78 is 7.42. The van der Waals surface area contributed by atoms with Gasteiger partial charge in [-0.3, -0.25) is 0 Å². The molecule has 0 saturated heterocycles. The van der Waals surface area contributed by atoms with Crippen LogP contribution in [0.4, 0.5) is 11.6 Å². The van der Waals surface area contributed by atoms with Crippen molar-refractivity contribution in [3.63, 3.8) is 0 Å². The van der Waals surface area contributed by atoms with Crippen molar-refractivity contribution in [1.29, 1.82) is 0 Å². The number of methoxy groups -OCH3 is 1. The highest BCUT2D eigenvalue weighted by Gasteiger charge is 2.10. The Balaban J connectivity index is 2.09. The first-order valence-electron chi connectivity index (χ1n) is 6.80. The minimum atomic E-state index is 0.397. The minimum absolute atomic E-state index is 0.397. The molecule has 3 aromatic rings. The van der Waals surface area contributed by atoms with Crippen LogP contribution in [0.15, 0.2) is 42.9 Å². The van der Waals surface area contributed by atoms with Gasteiger partial charge in [0.2, 0.25) is 0 Å². The van der Waals surface area contributed by atoms with Gasteiger partial charge in [0.15, 0.2) is 0 Å². The van der Waals surface area contributed by atoms with Crippen molar-refractivity contribution in [1.82, 2.24) is 14.5 Å². The van der Waals surface area contributed by atoms with Crippen LogP contribution in [-0.4, -0.2) is 21.6 Å². The second-order valence-electron chi connectivity index (χ2n) is 4.98. The van der Waals surface area contributed by atoms with E-state index in [4.69, 9.17) is 16.2 Å². The van der Waals surface area contributed by atoms with Crippen LogP contribution in [-0.2, 0) is 0 Å². The number of benzene rings is 1. The number of anilines is 2. The lowest BCUT2D eigenvalue weighted by Gasteiger charge is -2.12. The Morgan fingerprint density at radius 3 is 2.59 bits per heavy atom. The predicted molar refractivity (Wildman–Crippen MR) is 86.9 cm³/mol. The highest BCUT2D eigenvalue weighted by molar-refractivity contribution is 5.77. The monoisotopic (exact) mass is 295 g/mol. The zero-order valence-electron chi connectivity index (χ0n) is 12.4. The fourth-order valence-electron chi connectivity index (χ4n) is 2.35. The van der Waals surface area contributed by atoms with Crippen LogP contribution in [0.1, 0.15) is 5.69 Å². The van der Waals surface area contributed by atoms with E-state index >= 15 is 0 Å². The molecule has 0 spiro atoms. The van der Waals surface area contributed by atoms with Gasteiger partial charge in [-0.05, 0) is 36.8 Å². The largest absolute Gasteiger partial charge is 0.495 e. The van der Waals surface area contributed by atoms with E-state index in [1.54, 1.807) is 19.5 Å². The number of aryl methyl sites for hydroxylation is 1. The number of hydrogen-bond acceptors (Lipinski definition) is 5. The SMILES string of the molecule is COc1cc(-c2ccc(N)nc2N)ccc1-n1cnc(C)c1. The quantitative estimate of drug-likeness (QED) is 0.774. The smallest absolute Gasteiger partial charge is 0.143 e. The molecule has 0 unspecified atom stereocenters. The van der Waals surface area contributed by atoms with E-state index in [-0.39, 0.29) is 0 Å². The van der Waals surface area contributed by atoms with Crippen molar-refractivity contribution in [2.24, 2.45) is 0 Å². The third kappa shape index (κ3) is 2.46. The Labute approximate surface area is 128 Å². The van der Waals surface area contributed by atoms with Crippen LogP contribution < -0.4 is 16.2 Å². The fraction of sp³-hybridized carbons (Fsp3) is 0.125. The first kappa shape index (κ1) is 13.9. The molecule has 1 aromatic carbocycles. The van der Waals surface area contributed by atoms with E-state index in [0.29, 0.717) is 11.6 Å². The Morgan fingerprint density at radius 2 is 1.95 bits per heavy atom. The topological polar surface area (TPSA) is 92.0 Å². The van der Waals surface area contributed by atoms with Crippen LogP contribution in [0.25, 0.3) is 16.8 Å². The molecule has 0 radical (unpaired) electrons. The molecule has 4 N–H and O–H groups in total. The Bertz CT molecular complexity index is 825. The second-order valence-corrected chi connectivity index (χ2v) is 4.98. The normalized spacial score (nSPS) is 10.6. The molecule has 0 fully saturated rings. The number of imidazole rings is 1. The van der Waals surface area contributed by atoms with E-state index < -0.39 is 0 Å². The van der Waals surface area contributed by atoms with Crippen molar-refractivity contribution < 1.29 is 4.74 Å². The van der Waals surface area contributed by atoms with Gasteiger partial charge in [-0.1, -0.05) is 6.07 Å². The van der Waals surface area contributed by atoms with Gasteiger partial charge in [-0.2, -0.15) is 0 Å². The van der Waals surface area contributed by atoms with E-state index in [1.807, 2.05) is 42.0 Å². The maximum atomic E-state index is 5.95. The Kier molecular flexibility index (Phi) is 3.42. The highest BCUT2D eigenvalue weighted by Crippen LogP contribution is 2.32. The molecule has 0 aliphatic carbocycles. The summed E-state index contributed by atoms with van der Waals surface area (Å²) in [6, 6.07) is 9.44. The standard InChI is InChI=1S/C16H17N5O/c1-10-8-21(9-19-10)13-5-3-11(7-14(13)22-2)12-4-6-15(17)20-16(12)18/h3-9H,1-2H3,(H4,17,18,20). The average molecular weight is 295 g/mol. The van der Waals surface area contributed by atoms with Gasteiger partial charge in [-0.15, -0.1) is 0 Å². The van der Waals surface area contributed by atoms with E-state index in [1.165, 1.54) is 0 Å². The minimum Gasteiger partial charge on any atom is -0.495 e. The Morgan fingerprint density at radius 1 is 1.14 bits per heavy atom. The molecule has 0 saturated carbocycles. The summed E-state index contributed by atoms with van der Waals surface area (Å²) in [5.74, 6) is 1.53. The number of nitrogens with zero attached hydrogens (tertiary/aromatic N) is 3. The molecule has 112 valence electrons. The summed E-state index contributed by atoms with van der Waals surface area (Å²) in [6.07, 6.45) is 3.70. The highest BCUT2D eigenvalue weighted by atomic mass is 16.5. The number of pyridine rings is 1. The third-order valence-electron chi connectivity index (χ3n) is 3.43. The van der Waals surface area contributed by atoms with Gasteiger partial charge in [0.05, 0.1) is 24.8 Å². The molecule has 0 aliphatic rings. The summed E-state index contributed by atoms with van der Waals surface area (Å²) in [7, 11) is 1.64. The van der Waals surface area contributed by atoms with Gasteiger partial charge in [-0.25, -0.2) is 9.97 Å². The summed E-state index contributed by atoms with van der Waals surface area (Å²) in [6.45, 7) is 1.94. The molecule has 6 heteroatoms. The maximum absolute atomic E-state index is 5.95. The van der Waals surface area contributed by atoms with Crippen LogP contribution >= 0.6 is 0 Å². The molecular formula is C16H17N5O. The van der Waals surface area contributed by atoms with Crippen LogP contribution in [0, 0.1) is 6.92 Å². The summed E-state index contributed by atoms with van der Waals surface area (Å²) in [4.78, 5) is 8.33. The number of ether oxygens (including phenoxy) is 1. The first-order valence-corrected chi connectivity index (χ1v) is 6.80. The van der Waals surface area contributed by atoms with Crippen LogP contribution in [0.2, 0.25) is 0 Å². The van der Waals surface area contributed by atoms with Gasteiger partial charge in [0.1, 0.15) is 17.4 Å². The molecule has 2 aromatic heterocycles. The number of rotatable bonds is 3. The lowest BCUT2D eigenvalue weighted by atomic mass is 10.1. The number of hydrogen-bond donors (Lipinski definition) is 2. The van der Waals surface area contributed by atoms with Crippen LogP contribution in [0.3, 0.4) is 0 Å². The second kappa shape index (κ2) is 5.40. The van der Waals surface area contributed by atoms with Crippen molar-refractivity contribution >= 4 is 11.6 Å². The van der Waals surface area contributed by atoms with Gasteiger partial charge in [0, 0.05) is 11.8 Å². The van der Waals surface area contributed by atoms with Crippen molar-refractivity contribution in [3.05, 3.63) is 48.5 Å². The molecule has 0 amide bonds. The molecule has 2 heterocycles. The first-order chi connectivity index (χ1) is 10.6. The molecule has 0 atom stereocenters. The van der Waals surface area contributed by atoms with E-state index in [9.17, 15) is 0 Å².